The molecule has 0 saturated heterocycles. The first-order valence-corrected chi connectivity index (χ1v) is 31.7. The van der Waals surface area contributed by atoms with Gasteiger partial charge in [-0.25, -0.2) is 0 Å². The van der Waals surface area contributed by atoms with E-state index in [-0.39, 0.29) is 0 Å². The van der Waals surface area contributed by atoms with E-state index in [1.54, 1.807) is 0 Å². The molecule has 0 unspecified atom stereocenters. The minimum Gasteiger partial charge on any atom is -0.143 e. The van der Waals surface area contributed by atoms with Crippen LogP contribution in [0.4, 0.5) is 0 Å². The Balaban J connectivity index is 1.01. The standard InChI is InChI=1S/C58H68S8/c1-5-9-13-17-21-41-35-37-59-55(41)51-31-27-47(63-51)49-29-33-53(65-49)57-43(23-19-15-11-7-3)39-45(61-57)25-26-46-40-44(24-20-16-12-8-4)58(62-46)54-34-30-50(66-54)48-28-32-52(64-48)56-42(36-38-60-56)22-18-14-10-6-2/h25-40H,5-24H2,1-4H3. The molecule has 0 N–H and O–H groups in total. The van der Waals surface area contributed by atoms with Gasteiger partial charge in [0.25, 0.3) is 0 Å². The van der Waals surface area contributed by atoms with E-state index in [1.807, 2.05) is 90.7 Å². The highest BCUT2D eigenvalue weighted by atomic mass is 32.1. The summed E-state index contributed by atoms with van der Waals surface area (Å²) in [5.41, 5.74) is 6.11. The molecule has 348 valence electrons. The zero-order chi connectivity index (χ0) is 45.5. The third-order valence-corrected chi connectivity index (χ3v) is 22.2. The second kappa shape index (κ2) is 25.8. The van der Waals surface area contributed by atoms with Gasteiger partial charge < -0.3 is 0 Å². The topological polar surface area (TPSA) is 0 Å². The van der Waals surface area contributed by atoms with Crippen LogP contribution in [0.5, 0.6) is 0 Å². The second-order valence-electron chi connectivity index (χ2n) is 17.8. The van der Waals surface area contributed by atoms with Crippen LogP contribution in [-0.4, -0.2) is 0 Å². The van der Waals surface area contributed by atoms with E-state index < -0.39 is 0 Å². The number of hydrogen-bond donors (Lipinski definition) is 0. The molecule has 8 heterocycles. The van der Waals surface area contributed by atoms with E-state index in [2.05, 4.69) is 123 Å². The predicted octanol–water partition coefficient (Wildman–Crippen LogP) is 22.8. The van der Waals surface area contributed by atoms with Crippen molar-refractivity contribution < 1.29 is 0 Å². The molecule has 0 nitrogen and oxygen atoms in total. The molecule has 8 aromatic heterocycles. The van der Waals surface area contributed by atoms with Crippen LogP contribution in [0, 0.1) is 0 Å². The first-order chi connectivity index (χ1) is 32.5. The fourth-order valence-corrected chi connectivity index (χ4v) is 17.8. The van der Waals surface area contributed by atoms with Gasteiger partial charge >= 0.3 is 0 Å². The molecule has 8 rings (SSSR count). The summed E-state index contributed by atoms with van der Waals surface area (Å²) in [6.07, 6.45) is 30.3. The smallest absolute Gasteiger partial charge is 0.0481 e. The monoisotopic (exact) mass is 1020 g/mol. The molecule has 0 atom stereocenters. The van der Waals surface area contributed by atoms with Crippen molar-refractivity contribution in [3.63, 3.8) is 0 Å². The van der Waals surface area contributed by atoms with Crippen molar-refractivity contribution in [2.45, 2.75) is 156 Å². The third-order valence-electron chi connectivity index (χ3n) is 12.6. The van der Waals surface area contributed by atoms with Gasteiger partial charge in [-0.15, -0.1) is 90.7 Å². The molecule has 0 aliphatic heterocycles. The fourth-order valence-electron chi connectivity index (χ4n) is 8.85. The molecule has 0 saturated carbocycles. The first-order valence-electron chi connectivity index (χ1n) is 25.0. The van der Waals surface area contributed by atoms with Crippen LogP contribution in [0.1, 0.15) is 162 Å². The van der Waals surface area contributed by atoms with Gasteiger partial charge in [0.1, 0.15) is 0 Å². The van der Waals surface area contributed by atoms with Gasteiger partial charge in [0.05, 0.1) is 0 Å². The van der Waals surface area contributed by atoms with Crippen LogP contribution in [0.15, 0.2) is 83.6 Å². The normalized spacial score (nSPS) is 11.9. The molecule has 0 spiro atoms. The summed E-state index contributed by atoms with van der Waals surface area (Å²) in [6, 6.07) is 28.8. The summed E-state index contributed by atoms with van der Waals surface area (Å²) >= 11 is 15.7. The maximum atomic E-state index is 2.51. The molecule has 0 aliphatic carbocycles. The van der Waals surface area contributed by atoms with Crippen molar-refractivity contribution in [3.8, 4) is 58.5 Å². The maximum absolute atomic E-state index is 2.51. The van der Waals surface area contributed by atoms with E-state index in [0.717, 1.165) is 12.8 Å². The first kappa shape index (κ1) is 49.8. The van der Waals surface area contributed by atoms with Crippen LogP contribution < -0.4 is 0 Å². The summed E-state index contributed by atoms with van der Waals surface area (Å²) in [5, 5.41) is 4.58. The van der Waals surface area contributed by atoms with Crippen molar-refractivity contribution in [1.82, 2.24) is 0 Å². The quantitative estimate of drug-likeness (QED) is 0.0429. The molecule has 0 fully saturated rings. The summed E-state index contributed by atoms with van der Waals surface area (Å²) in [7, 11) is 0. The van der Waals surface area contributed by atoms with E-state index in [9.17, 15) is 0 Å². The Kier molecular flexibility index (Phi) is 19.5. The highest BCUT2D eigenvalue weighted by molar-refractivity contribution is 7.29. The minimum absolute atomic E-state index is 1.15. The van der Waals surface area contributed by atoms with Crippen LogP contribution in [0.3, 0.4) is 0 Å². The maximum Gasteiger partial charge on any atom is 0.0481 e. The lowest BCUT2D eigenvalue weighted by Crippen LogP contribution is -1.85. The van der Waals surface area contributed by atoms with Crippen LogP contribution >= 0.6 is 90.7 Å². The van der Waals surface area contributed by atoms with Crippen molar-refractivity contribution in [2.75, 3.05) is 0 Å². The Labute approximate surface area is 429 Å². The molecule has 66 heavy (non-hydrogen) atoms. The molecule has 0 aliphatic rings. The largest absolute Gasteiger partial charge is 0.143 e. The van der Waals surface area contributed by atoms with Crippen LogP contribution in [-0.2, 0) is 25.7 Å². The zero-order valence-electron chi connectivity index (χ0n) is 39.6. The highest BCUT2D eigenvalue weighted by Gasteiger charge is 2.18. The lowest BCUT2D eigenvalue weighted by Gasteiger charge is -2.02. The SMILES string of the molecule is CCCCCCc1ccsc1-c1ccc(-c2ccc(-c3sc(C=Cc4cc(CCCCCC)c(-c5ccc(-c6ccc(-c7sccc7CCCCCC)s6)s5)s4)cc3CCCCCC)s2)s1. The number of hydrogen-bond acceptors (Lipinski definition) is 8. The fraction of sp³-hybridized carbons (Fsp3) is 0.414. The van der Waals surface area contributed by atoms with Gasteiger partial charge in [0, 0.05) is 68.3 Å². The van der Waals surface area contributed by atoms with Crippen molar-refractivity contribution >= 4 is 103 Å². The average Bonchev–Trinajstić information content (AvgIpc) is 4.17. The van der Waals surface area contributed by atoms with Crippen molar-refractivity contribution in [1.29, 1.82) is 0 Å². The average molecular weight is 1020 g/mol. The minimum atomic E-state index is 1.15. The van der Waals surface area contributed by atoms with E-state index in [0.29, 0.717) is 0 Å². The molecule has 0 bridgehead atoms. The molecule has 0 amide bonds. The number of aryl methyl sites for hydroxylation is 4. The summed E-state index contributed by atoms with van der Waals surface area (Å²) in [4.78, 5) is 19.9. The van der Waals surface area contributed by atoms with Gasteiger partial charge in [0.2, 0.25) is 0 Å². The van der Waals surface area contributed by atoms with Gasteiger partial charge in [-0.3, -0.25) is 0 Å². The summed E-state index contributed by atoms with van der Waals surface area (Å²) < 4.78 is 0. The van der Waals surface area contributed by atoms with Gasteiger partial charge in [0.15, 0.2) is 0 Å². The molecule has 8 aromatic rings. The van der Waals surface area contributed by atoms with Gasteiger partial charge in [-0.05, 0) is 169 Å². The zero-order valence-corrected chi connectivity index (χ0v) is 46.2. The molecule has 8 heteroatoms. The second-order valence-corrected chi connectivity index (χ2v) is 26.1. The highest BCUT2D eigenvalue weighted by Crippen LogP contribution is 2.47. The Morgan fingerprint density at radius 1 is 0.303 bits per heavy atom. The lowest BCUT2D eigenvalue weighted by molar-refractivity contribution is 0.668. The third kappa shape index (κ3) is 13.1. The predicted molar refractivity (Wildman–Crippen MR) is 309 cm³/mol. The van der Waals surface area contributed by atoms with Gasteiger partial charge in [-0.2, -0.15) is 0 Å². The van der Waals surface area contributed by atoms with Crippen LogP contribution in [0.2, 0.25) is 0 Å². The Morgan fingerprint density at radius 2 is 0.606 bits per heavy atom. The van der Waals surface area contributed by atoms with Gasteiger partial charge in [-0.1, -0.05) is 105 Å². The van der Waals surface area contributed by atoms with E-state index >= 15 is 0 Å². The molecule has 0 aromatic carbocycles. The molecular weight excluding hydrogens is 953 g/mol. The number of unbranched alkanes of at least 4 members (excludes halogenated alkanes) is 12. The van der Waals surface area contributed by atoms with Crippen molar-refractivity contribution in [3.05, 3.63) is 116 Å². The summed E-state index contributed by atoms with van der Waals surface area (Å²) in [6.45, 7) is 9.22. The number of rotatable bonds is 28. The Hall–Kier alpha value is -2.66. The Bertz CT molecular complexity index is 2500. The van der Waals surface area contributed by atoms with Crippen LogP contribution in [0.25, 0.3) is 70.7 Å². The van der Waals surface area contributed by atoms with E-state index in [4.69, 9.17) is 0 Å². The molecule has 0 radical (unpaired) electrons. The van der Waals surface area contributed by atoms with Crippen molar-refractivity contribution in [2.24, 2.45) is 0 Å². The van der Waals surface area contributed by atoms with E-state index in [1.165, 1.54) is 206 Å². The lowest BCUT2D eigenvalue weighted by atomic mass is 10.1. The Morgan fingerprint density at radius 3 is 0.939 bits per heavy atom. The number of thiophene rings is 8. The summed E-state index contributed by atoms with van der Waals surface area (Å²) in [5.74, 6) is 0. The molecular formula is C58H68S8.